The molecule has 11 heavy (non-hydrogen) atoms. The zero-order chi connectivity index (χ0) is 8.06. The monoisotopic (exact) mass is 151 g/mol. The van der Waals surface area contributed by atoms with Gasteiger partial charge < -0.3 is 10.2 Å². The van der Waals surface area contributed by atoms with Crippen molar-refractivity contribution in [3.05, 3.63) is 24.2 Å². The lowest BCUT2D eigenvalue weighted by Gasteiger charge is -1.96. The lowest BCUT2D eigenvalue weighted by atomic mass is 10.1. The minimum absolute atomic E-state index is 0.234. The first-order chi connectivity index (χ1) is 5.14. The normalized spacial score (nSPS) is 33.7. The predicted octanol–water partition coefficient (Wildman–Crippen LogP) is 1.73. The summed E-state index contributed by atoms with van der Waals surface area (Å²) in [7, 11) is 0. The summed E-state index contributed by atoms with van der Waals surface area (Å²) in [5.74, 6) is 1.46. The van der Waals surface area contributed by atoms with Crippen LogP contribution in [0.2, 0.25) is 0 Å². The highest BCUT2D eigenvalue weighted by Crippen LogP contribution is 2.57. The van der Waals surface area contributed by atoms with E-state index in [0.717, 1.165) is 5.76 Å². The third-order valence-corrected chi connectivity index (χ3v) is 2.76. The number of rotatable bonds is 1. The van der Waals surface area contributed by atoms with Gasteiger partial charge in [0.2, 0.25) is 0 Å². The molecule has 1 aliphatic carbocycles. The molecule has 1 aromatic rings. The summed E-state index contributed by atoms with van der Waals surface area (Å²) in [5.41, 5.74) is 6.11. The maximum Gasteiger partial charge on any atom is 0.109 e. The van der Waals surface area contributed by atoms with Crippen molar-refractivity contribution in [3.8, 4) is 0 Å². The Kier molecular flexibility index (Phi) is 1.19. The Morgan fingerprint density at radius 2 is 2.18 bits per heavy atom. The minimum Gasteiger partial charge on any atom is -0.469 e. The van der Waals surface area contributed by atoms with Crippen molar-refractivity contribution in [2.24, 2.45) is 11.1 Å². The van der Waals surface area contributed by atoms with Crippen molar-refractivity contribution in [2.75, 3.05) is 0 Å². The predicted molar refractivity (Wildman–Crippen MR) is 43.2 cm³/mol. The first-order valence-electron chi connectivity index (χ1n) is 3.93. The number of furan rings is 1. The Bertz CT molecular complexity index is 251. The van der Waals surface area contributed by atoms with E-state index in [2.05, 4.69) is 13.8 Å². The fourth-order valence-corrected chi connectivity index (χ4v) is 1.69. The van der Waals surface area contributed by atoms with Crippen LogP contribution in [0.5, 0.6) is 0 Å². The molecule has 0 radical (unpaired) electrons. The Morgan fingerprint density at radius 3 is 2.55 bits per heavy atom. The average Bonchev–Trinajstić information content (AvgIpc) is 2.40. The van der Waals surface area contributed by atoms with Crippen LogP contribution < -0.4 is 5.73 Å². The van der Waals surface area contributed by atoms with Gasteiger partial charge in [0, 0.05) is 12.0 Å². The van der Waals surface area contributed by atoms with Crippen LogP contribution in [0.3, 0.4) is 0 Å². The topological polar surface area (TPSA) is 39.2 Å². The van der Waals surface area contributed by atoms with Gasteiger partial charge in [-0.1, -0.05) is 13.8 Å². The maximum absolute atomic E-state index is 5.88. The van der Waals surface area contributed by atoms with Crippen LogP contribution in [0.25, 0.3) is 0 Å². The van der Waals surface area contributed by atoms with E-state index in [4.69, 9.17) is 10.2 Å². The van der Waals surface area contributed by atoms with Crippen molar-refractivity contribution >= 4 is 0 Å². The van der Waals surface area contributed by atoms with Gasteiger partial charge >= 0.3 is 0 Å². The molecule has 1 aliphatic rings. The van der Waals surface area contributed by atoms with Crippen LogP contribution >= 0.6 is 0 Å². The fraction of sp³-hybridized carbons (Fsp3) is 0.556. The second-order valence-corrected chi connectivity index (χ2v) is 3.84. The molecular formula is C9H13NO. The van der Waals surface area contributed by atoms with E-state index in [1.54, 1.807) is 6.26 Å². The highest BCUT2D eigenvalue weighted by Gasteiger charge is 2.57. The molecule has 1 saturated carbocycles. The Hall–Kier alpha value is -0.760. The molecule has 60 valence electrons. The van der Waals surface area contributed by atoms with E-state index < -0.39 is 0 Å². The first kappa shape index (κ1) is 6.92. The van der Waals surface area contributed by atoms with Gasteiger partial charge in [0.05, 0.1) is 6.26 Å². The van der Waals surface area contributed by atoms with Crippen molar-refractivity contribution < 1.29 is 4.42 Å². The van der Waals surface area contributed by atoms with E-state index in [1.165, 1.54) is 0 Å². The molecule has 0 aliphatic heterocycles. The molecule has 2 heteroatoms. The van der Waals surface area contributed by atoms with E-state index in [-0.39, 0.29) is 11.5 Å². The summed E-state index contributed by atoms with van der Waals surface area (Å²) in [6.07, 6.45) is 1.70. The van der Waals surface area contributed by atoms with Gasteiger partial charge in [-0.05, 0) is 17.5 Å². The molecule has 0 spiro atoms. The van der Waals surface area contributed by atoms with Crippen LogP contribution in [0.15, 0.2) is 22.8 Å². The van der Waals surface area contributed by atoms with Crippen LogP contribution in [0.1, 0.15) is 25.5 Å². The van der Waals surface area contributed by atoms with Gasteiger partial charge in [-0.15, -0.1) is 0 Å². The number of nitrogens with two attached hydrogens (primary N) is 1. The van der Waals surface area contributed by atoms with E-state index in [1.807, 2.05) is 12.1 Å². The van der Waals surface area contributed by atoms with Gasteiger partial charge in [0.1, 0.15) is 5.76 Å². The lowest BCUT2D eigenvalue weighted by molar-refractivity contribution is 0.482. The molecule has 1 aromatic heterocycles. The van der Waals surface area contributed by atoms with Crippen molar-refractivity contribution in [1.29, 1.82) is 0 Å². The molecule has 2 rings (SSSR count). The molecular weight excluding hydrogens is 138 g/mol. The molecule has 0 unspecified atom stereocenters. The maximum atomic E-state index is 5.88. The lowest BCUT2D eigenvalue weighted by Crippen LogP contribution is -2.06. The van der Waals surface area contributed by atoms with Gasteiger partial charge in [0.15, 0.2) is 0 Å². The van der Waals surface area contributed by atoms with Crippen molar-refractivity contribution in [1.82, 2.24) is 0 Å². The molecule has 1 fully saturated rings. The van der Waals surface area contributed by atoms with Gasteiger partial charge in [0.25, 0.3) is 0 Å². The fourth-order valence-electron chi connectivity index (χ4n) is 1.69. The number of hydrogen-bond acceptors (Lipinski definition) is 2. The SMILES string of the molecule is CC1(C)[C@H](N)[C@H]1c1ccco1. The standard InChI is InChI=1S/C9H13NO/c1-9(2)7(8(9)10)6-4-3-5-11-6/h3-5,7-8H,10H2,1-2H3/t7-,8-/m1/s1. The summed E-state index contributed by atoms with van der Waals surface area (Å²) >= 11 is 0. The van der Waals surface area contributed by atoms with Crippen LogP contribution in [0.4, 0.5) is 0 Å². The third-order valence-electron chi connectivity index (χ3n) is 2.76. The van der Waals surface area contributed by atoms with Gasteiger partial charge in [-0.2, -0.15) is 0 Å². The Balaban J connectivity index is 2.23. The molecule has 2 atom stereocenters. The summed E-state index contributed by atoms with van der Waals surface area (Å²) in [5, 5.41) is 0. The second kappa shape index (κ2) is 1.89. The highest BCUT2D eigenvalue weighted by molar-refractivity contribution is 5.26. The molecule has 0 amide bonds. The zero-order valence-electron chi connectivity index (χ0n) is 6.87. The summed E-state index contributed by atoms with van der Waals surface area (Å²) in [4.78, 5) is 0. The number of hydrogen-bond donors (Lipinski definition) is 1. The largest absolute Gasteiger partial charge is 0.469 e. The van der Waals surface area contributed by atoms with Gasteiger partial charge in [-0.3, -0.25) is 0 Å². The van der Waals surface area contributed by atoms with Crippen LogP contribution in [-0.4, -0.2) is 6.04 Å². The summed E-state index contributed by atoms with van der Waals surface area (Å²) in [6.45, 7) is 4.34. The molecule has 1 heterocycles. The first-order valence-corrected chi connectivity index (χ1v) is 3.93. The third kappa shape index (κ3) is 0.824. The van der Waals surface area contributed by atoms with E-state index in [0.29, 0.717) is 5.92 Å². The minimum atomic E-state index is 0.234. The van der Waals surface area contributed by atoms with E-state index >= 15 is 0 Å². The van der Waals surface area contributed by atoms with Crippen molar-refractivity contribution in [3.63, 3.8) is 0 Å². The molecule has 0 aromatic carbocycles. The molecule has 0 bridgehead atoms. The summed E-state index contributed by atoms with van der Waals surface area (Å²) < 4.78 is 5.28. The molecule has 2 nitrogen and oxygen atoms in total. The quantitative estimate of drug-likeness (QED) is 0.663. The Labute approximate surface area is 66.4 Å². The van der Waals surface area contributed by atoms with E-state index in [9.17, 15) is 0 Å². The van der Waals surface area contributed by atoms with Gasteiger partial charge in [-0.25, -0.2) is 0 Å². The van der Waals surface area contributed by atoms with Crippen LogP contribution in [-0.2, 0) is 0 Å². The van der Waals surface area contributed by atoms with Crippen LogP contribution in [0, 0.1) is 5.41 Å². The summed E-state index contributed by atoms with van der Waals surface area (Å²) in [6, 6.07) is 4.18. The zero-order valence-corrected chi connectivity index (χ0v) is 6.87. The highest BCUT2D eigenvalue weighted by atomic mass is 16.3. The van der Waals surface area contributed by atoms with Crippen molar-refractivity contribution in [2.45, 2.75) is 25.8 Å². The average molecular weight is 151 g/mol. The second-order valence-electron chi connectivity index (χ2n) is 3.84. The molecule has 2 N–H and O–H groups in total. The smallest absolute Gasteiger partial charge is 0.109 e. The molecule has 0 saturated heterocycles. The Morgan fingerprint density at radius 1 is 1.55 bits per heavy atom.